The fraction of sp³-hybridized carbons (Fsp3) is 0.222. The number of anilines is 1. The van der Waals surface area contributed by atoms with Crippen molar-refractivity contribution in [2.75, 3.05) is 11.9 Å². The minimum absolute atomic E-state index is 0.0257. The predicted molar refractivity (Wildman–Crippen MR) is 51.3 cm³/mol. The maximum Gasteiger partial charge on any atom is 0.211 e. The van der Waals surface area contributed by atoms with E-state index >= 15 is 0 Å². The van der Waals surface area contributed by atoms with Crippen molar-refractivity contribution in [3.8, 4) is 5.75 Å². The molecule has 14 heavy (non-hydrogen) atoms. The highest BCUT2D eigenvalue weighted by atomic mass is 16.5. The van der Waals surface area contributed by atoms with Gasteiger partial charge in [0.15, 0.2) is 0 Å². The molecule has 0 aromatic heterocycles. The number of benzene rings is 1. The van der Waals surface area contributed by atoms with Gasteiger partial charge in [0.1, 0.15) is 5.75 Å². The number of rotatable bonds is 5. The fourth-order valence-electron chi connectivity index (χ4n) is 1.12. The topological polar surface area (TPSA) is 81.6 Å². The normalized spacial score (nSPS) is 9.79. The van der Waals surface area contributed by atoms with E-state index in [2.05, 4.69) is 5.32 Å². The summed E-state index contributed by atoms with van der Waals surface area (Å²) in [4.78, 5) is 10.2. The molecule has 0 atom stereocenters. The number of hydrogen-bond acceptors (Lipinski definition) is 4. The summed E-state index contributed by atoms with van der Waals surface area (Å²) in [6.07, 6.45) is 1.12. The van der Waals surface area contributed by atoms with Crippen LogP contribution in [0, 0.1) is 0 Å². The first-order valence-corrected chi connectivity index (χ1v) is 4.17. The van der Waals surface area contributed by atoms with Crippen LogP contribution in [0.1, 0.15) is 5.56 Å². The van der Waals surface area contributed by atoms with Gasteiger partial charge >= 0.3 is 0 Å². The van der Waals surface area contributed by atoms with E-state index in [0.29, 0.717) is 25.1 Å². The third-order valence-electron chi connectivity index (χ3n) is 1.80. The van der Waals surface area contributed by atoms with Crippen molar-refractivity contribution in [2.45, 2.75) is 6.42 Å². The number of nitrogens with one attached hydrogen (secondary N) is 2. The van der Waals surface area contributed by atoms with E-state index in [1.54, 1.807) is 12.1 Å². The maximum atomic E-state index is 10.2. The first-order valence-electron chi connectivity index (χ1n) is 4.17. The lowest BCUT2D eigenvalue weighted by Gasteiger charge is -2.05. The summed E-state index contributed by atoms with van der Waals surface area (Å²) in [5, 5.41) is 20.1. The smallest absolute Gasteiger partial charge is 0.211 e. The molecule has 1 aromatic carbocycles. The van der Waals surface area contributed by atoms with Gasteiger partial charge in [-0.25, -0.2) is 5.48 Å². The molecule has 0 fully saturated rings. The van der Waals surface area contributed by atoms with Crippen molar-refractivity contribution < 1.29 is 15.1 Å². The van der Waals surface area contributed by atoms with Gasteiger partial charge < -0.3 is 15.6 Å². The maximum absolute atomic E-state index is 10.2. The largest absolute Gasteiger partial charge is 0.506 e. The standard InChI is InChI=1S/C9H12N2O3/c12-6-10-8-5-7(3-4-11-14)1-2-9(8)13/h1-2,5-6,11,13-14H,3-4H2,(H,10,12). The zero-order valence-corrected chi connectivity index (χ0v) is 7.53. The number of amides is 1. The molecule has 1 amide bonds. The molecule has 0 heterocycles. The minimum atomic E-state index is 0.0257. The summed E-state index contributed by atoms with van der Waals surface area (Å²) in [5.41, 5.74) is 3.31. The fourth-order valence-corrected chi connectivity index (χ4v) is 1.12. The van der Waals surface area contributed by atoms with Crippen molar-refractivity contribution in [3.63, 3.8) is 0 Å². The molecule has 0 aliphatic carbocycles. The minimum Gasteiger partial charge on any atom is -0.506 e. The van der Waals surface area contributed by atoms with Gasteiger partial charge in [-0.1, -0.05) is 6.07 Å². The van der Waals surface area contributed by atoms with Crippen LogP contribution in [0.3, 0.4) is 0 Å². The average Bonchev–Trinajstić information content (AvgIpc) is 2.19. The first kappa shape index (κ1) is 10.5. The quantitative estimate of drug-likeness (QED) is 0.314. The second-order valence-corrected chi connectivity index (χ2v) is 2.77. The van der Waals surface area contributed by atoms with Crippen LogP contribution in [-0.4, -0.2) is 23.3 Å². The van der Waals surface area contributed by atoms with Crippen LogP contribution in [0.5, 0.6) is 5.75 Å². The van der Waals surface area contributed by atoms with Gasteiger partial charge in [0, 0.05) is 6.54 Å². The number of carbonyl (C=O) groups is 1. The van der Waals surface area contributed by atoms with Crippen LogP contribution >= 0.6 is 0 Å². The predicted octanol–water partition coefficient (Wildman–Crippen LogP) is 0.482. The highest BCUT2D eigenvalue weighted by Crippen LogP contribution is 2.23. The second kappa shape index (κ2) is 5.21. The number of hydroxylamine groups is 1. The Morgan fingerprint density at radius 3 is 2.86 bits per heavy atom. The molecule has 0 radical (unpaired) electrons. The van der Waals surface area contributed by atoms with Gasteiger partial charge in [0.05, 0.1) is 5.69 Å². The monoisotopic (exact) mass is 196 g/mol. The Hall–Kier alpha value is -1.59. The molecule has 0 bridgehead atoms. The van der Waals surface area contributed by atoms with Crippen molar-refractivity contribution in [1.82, 2.24) is 5.48 Å². The van der Waals surface area contributed by atoms with E-state index < -0.39 is 0 Å². The van der Waals surface area contributed by atoms with Gasteiger partial charge in [-0.2, -0.15) is 0 Å². The average molecular weight is 196 g/mol. The first-order chi connectivity index (χ1) is 6.77. The molecule has 0 unspecified atom stereocenters. The molecule has 0 aliphatic rings. The molecule has 0 saturated carbocycles. The summed E-state index contributed by atoms with van der Waals surface area (Å²) in [5.74, 6) is 0.0257. The summed E-state index contributed by atoms with van der Waals surface area (Å²) >= 11 is 0. The van der Waals surface area contributed by atoms with Crippen LogP contribution in [-0.2, 0) is 11.2 Å². The molecule has 1 rings (SSSR count). The highest BCUT2D eigenvalue weighted by Gasteiger charge is 2.01. The van der Waals surface area contributed by atoms with Crippen molar-refractivity contribution in [1.29, 1.82) is 0 Å². The zero-order chi connectivity index (χ0) is 10.4. The molecule has 0 spiro atoms. The van der Waals surface area contributed by atoms with E-state index in [1.807, 2.05) is 5.48 Å². The van der Waals surface area contributed by atoms with Crippen LogP contribution < -0.4 is 10.8 Å². The summed E-state index contributed by atoms with van der Waals surface area (Å²) in [6.45, 7) is 0.422. The molecule has 1 aromatic rings. The number of aromatic hydroxyl groups is 1. The zero-order valence-electron chi connectivity index (χ0n) is 7.53. The van der Waals surface area contributed by atoms with E-state index in [9.17, 15) is 9.90 Å². The molecule has 0 aliphatic heterocycles. The Bertz CT molecular complexity index is 315. The molecule has 0 saturated heterocycles. The third-order valence-corrected chi connectivity index (χ3v) is 1.80. The number of phenolic OH excluding ortho intramolecular Hbond substituents is 1. The van der Waals surface area contributed by atoms with Crippen LogP contribution in [0.4, 0.5) is 5.69 Å². The summed E-state index contributed by atoms with van der Waals surface area (Å²) in [7, 11) is 0. The summed E-state index contributed by atoms with van der Waals surface area (Å²) in [6, 6.07) is 4.88. The number of phenols is 1. The van der Waals surface area contributed by atoms with Gasteiger partial charge in [0.25, 0.3) is 0 Å². The Kier molecular flexibility index (Phi) is 3.90. The van der Waals surface area contributed by atoms with Gasteiger partial charge in [-0.3, -0.25) is 4.79 Å². The Morgan fingerprint density at radius 1 is 1.43 bits per heavy atom. The number of hydrogen-bond donors (Lipinski definition) is 4. The SMILES string of the molecule is O=CNc1cc(CCNO)ccc1O. The van der Waals surface area contributed by atoms with Gasteiger partial charge in [0.2, 0.25) is 6.41 Å². The third kappa shape index (κ3) is 2.72. The molecule has 76 valence electrons. The Labute approximate surface area is 81.3 Å². The Balaban J connectivity index is 2.77. The Morgan fingerprint density at radius 2 is 2.21 bits per heavy atom. The molecule has 5 nitrogen and oxygen atoms in total. The van der Waals surface area contributed by atoms with Crippen LogP contribution in [0.2, 0.25) is 0 Å². The van der Waals surface area contributed by atoms with Crippen LogP contribution in [0.15, 0.2) is 18.2 Å². The van der Waals surface area contributed by atoms with E-state index in [-0.39, 0.29) is 5.75 Å². The van der Waals surface area contributed by atoms with E-state index in [1.165, 1.54) is 6.07 Å². The van der Waals surface area contributed by atoms with E-state index in [0.717, 1.165) is 5.56 Å². The molecule has 5 heteroatoms. The van der Waals surface area contributed by atoms with Gasteiger partial charge in [-0.15, -0.1) is 0 Å². The lowest BCUT2D eigenvalue weighted by atomic mass is 10.1. The molecular weight excluding hydrogens is 184 g/mol. The van der Waals surface area contributed by atoms with Crippen molar-refractivity contribution in [2.24, 2.45) is 0 Å². The van der Waals surface area contributed by atoms with Gasteiger partial charge in [-0.05, 0) is 24.1 Å². The second-order valence-electron chi connectivity index (χ2n) is 2.77. The van der Waals surface area contributed by atoms with Crippen molar-refractivity contribution >= 4 is 12.1 Å². The summed E-state index contributed by atoms with van der Waals surface area (Å²) < 4.78 is 0. The van der Waals surface area contributed by atoms with Crippen molar-refractivity contribution in [3.05, 3.63) is 23.8 Å². The van der Waals surface area contributed by atoms with Crippen LogP contribution in [0.25, 0.3) is 0 Å². The lowest BCUT2D eigenvalue weighted by molar-refractivity contribution is -0.105. The van der Waals surface area contributed by atoms with E-state index in [4.69, 9.17) is 5.21 Å². The molecule has 4 N–H and O–H groups in total. The molecular formula is C9H12N2O3. The lowest BCUT2D eigenvalue weighted by Crippen LogP contribution is -2.11. The highest BCUT2D eigenvalue weighted by molar-refractivity contribution is 5.75. The number of carbonyl (C=O) groups excluding carboxylic acids is 1.